The molecule has 0 aliphatic carbocycles. The number of hydrogen-bond donors (Lipinski definition) is 1. The molecule has 0 aliphatic rings. The minimum absolute atomic E-state index is 0.209. The van der Waals surface area contributed by atoms with E-state index in [0.29, 0.717) is 29.7 Å². The first-order chi connectivity index (χ1) is 17.6. The predicted molar refractivity (Wildman–Crippen MR) is 147 cm³/mol. The van der Waals surface area contributed by atoms with Crippen LogP contribution in [-0.4, -0.2) is 29.5 Å². The number of benzene rings is 3. The highest BCUT2D eigenvalue weighted by atomic mass is 35.5. The minimum Gasteiger partial charge on any atom is -0.490 e. The van der Waals surface area contributed by atoms with Crippen molar-refractivity contribution < 1.29 is 14.3 Å². The lowest BCUT2D eigenvalue weighted by Gasteiger charge is -2.12. The third-order valence-corrected chi connectivity index (χ3v) is 7.09. The molecule has 4 aromatic rings. The van der Waals surface area contributed by atoms with Gasteiger partial charge in [-0.15, -0.1) is 11.3 Å². The quantitative estimate of drug-likeness (QED) is 0.131. The molecule has 0 fully saturated rings. The summed E-state index contributed by atoms with van der Waals surface area (Å²) in [7, 11) is 0. The normalized spacial score (nSPS) is 10.9. The van der Waals surface area contributed by atoms with Crippen LogP contribution in [0.25, 0.3) is 11.3 Å². The molecular weight excluding hydrogens is 514 g/mol. The number of thioether (sulfide) groups is 1. The Balaban J connectivity index is 1.29. The van der Waals surface area contributed by atoms with E-state index in [4.69, 9.17) is 21.1 Å². The van der Waals surface area contributed by atoms with Crippen LogP contribution in [0.3, 0.4) is 0 Å². The van der Waals surface area contributed by atoms with Crippen LogP contribution in [-0.2, 0) is 11.4 Å². The van der Waals surface area contributed by atoms with Gasteiger partial charge in [0.2, 0.25) is 0 Å². The number of halogens is 1. The Kier molecular flexibility index (Phi) is 9.38. The highest BCUT2D eigenvalue weighted by Gasteiger charge is 2.09. The van der Waals surface area contributed by atoms with Gasteiger partial charge in [0, 0.05) is 16.0 Å². The number of rotatable bonds is 11. The van der Waals surface area contributed by atoms with E-state index in [1.54, 1.807) is 6.21 Å². The molecule has 1 heterocycles. The van der Waals surface area contributed by atoms with E-state index in [1.807, 2.05) is 85.1 Å². The van der Waals surface area contributed by atoms with Crippen molar-refractivity contribution >= 4 is 46.8 Å². The summed E-state index contributed by atoms with van der Waals surface area (Å²) in [5.74, 6) is 1.23. The molecule has 0 bridgehead atoms. The van der Waals surface area contributed by atoms with E-state index in [0.717, 1.165) is 26.7 Å². The van der Waals surface area contributed by atoms with E-state index >= 15 is 0 Å². The first kappa shape index (κ1) is 25.8. The lowest BCUT2D eigenvalue weighted by Crippen LogP contribution is -2.19. The maximum atomic E-state index is 12.2. The van der Waals surface area contributed by atoms with Crippen molar-refractivity contribution in [3.05, 3.63) is 94.3 Å². The molecule has 0 atom stereocenters. The molecule has 0 aliphatic heterocycles. The largest absolute Gasteiger partial charge is 0.490 e. The SMILES string of the molecule is CCOc1cc(/C=N/NC(=O)CSc2nc(-c3ccccc3)cs2)ccc1OCc1cccc(Cl)c1. The summed E-state index contributed by atoms with van der Waals surface area (Å²) in [5, 5.41) is 6.73. The van der Waals surface area contributed by atoms with Gasteiger partial charge in [-0.2, -0.15) is 5.10 Å². The van der Waals surface area contributed by atoms with Crippen LogP contribution in [0, 0.1) is 0 Å². The van der Waals surface area contributed by atoms with Gasteiger partial charge in [-0.05, 0) is 48.4 Å². The predicted octanol–water partition coefficient (Wildman–Crippen LogP) is 6.68. The van der Waals surface area contributed by atoms with Gasteiger partial charge in [0.15, 0.2) is 15.8 Å². The molecule has 0 radical (unpaired) electrons. The van der Waals surface area contributed by atoms with E-state index in [2.05, 4.69) is 15.5 Å². The third-order valence-electron chi connectivity index (χ3n) is 4.83. The number of ether oxygens (including phenoxy) is 2. The molecule has 0 spiro atoms. The van der Waals surface area contributed by atoms with Gasteiger partial charge < -0.3 is 9.47 Å². The molecule has 0 unspecified atom stereocenters. The zero-order valence-corrected chi connectivity index (χ0v) is 21.9. The first-order valence-corrected chi connectivity index (χ1v) is 13.4. The lowest BCUT2D eigenvalue weighted by molar-refractivity contribution is -0.118. The first-order valence-electron chi connectivity index (χ1n) is 11.2. The Morgan fingerprint density at radius 3 is 2.75 bits per heavy atom. The van der Waals surface area contributed by atoms with Crippen molar-refractivity contribution in [2.75, 3.05) is 12.4 Å². The van der Waals surface area contributed by atoms with Gasteiger partial charge in [-0.25, -0.2) is 10.4 Å². The second-order valence-electron chi connectivity index (χ2n) is 7.50. The summed E-state index contributed by atoms with van der Waals surface area (Å²) in [5.41, 5.74) is 6.26. The molecule has 0 saturated carbocycles. The molecule has 1 aromatic heterocycles. The van der Waals surface area contributed by atoms with Crippen LogP contribution in [0.5, 0.6) is 11.5 Å². The summed E-state index contributed by atoms with van der Waals surface area (Å²) >= 11 is 8.95. The van der Waals surface area contributed by atoms with Crippen molar-refractivity contribution in [1.82, 2.24) is 10.4 Å². The fourth-order valence-electron chi connectivity index (χ4n) is 3.18. The number of thiazole rings is 1. The molecule has 1 N–H and O–H groups in total. The van der Waals surface area contributed by atoms with E-state index in [1.165, 1.54) is 23.1 Å². The second-order valence-corrected chi connectivity index (χ2v) is 10.0. The number of nitrogens with one attached hydrogen (secondary N) is 1. The average Bonchev–Trinajstić information content (AvgIpc) is 3.37. The lowest BCUT2D eigenvalue weighted by atomic mass is 10.2. The number of carbonyl (C=O) groups excluding carboxylic acids is 1. The smallest absolute Gasteiger partial charge is 0.250 e. The Labute approximate surface area is 223 Å². The Bertz CT molecular complexity index is 1330. The maximum Gasteiger partial charge on any atom is 0.250 e. The van der Waals surface area contributed by atoms with Crippen LogP contribution in [0.15, 0.2) is 87.6 Å². The summed E-state index contributed by atoms with van der Waals surface area (Å²) in [6, 6.07) is 23.0. The zero-order chi connectivity index (χ0) is 25.2. The van der Waals surface area contributed by atoms with Crippen LogP contribution in [0.2, 0.25) is 5.02 Å². The summed E-state index contributed by atoms with van der Waals surface area (Å²) in [6.45, 7) is 2.77. The Morgan fingerprint density at radius 2 is 1.94 bits per heavy atom. The van der Waals surface area contributed by atoms with Crippen molar-refractivity contribution in [2.45, 2.75) is 17.9 Å². The van der Waals surface area contributed by atoms with Crippen molar-refractivity contribution in [3.63, 3.8) is 0 Å². The summed E-state index contributed by atoms with van der Waals surface area (Å²) < 4.78 is 12.5. The Hall–Kier alpha value is -3.33. The van der Waals surface area contributed by atoms with E-state index in [-0.39, 0.29) is 11.7 Å². The summed E-state index contributed by atoms with van der Waals surface area (Å²) in [4.78, 5) is 16.8. The van der Waals surface area contributed by atoms with Crippen molar-refractivity contribution in [3.8, 4) is 22.8 Å². The molecule has 1 amide bonds. The van der Waals surface area contributed by atoms with Crippen LogP contribution < -0.4 is 14.9 Å². The fraction of sp³-hybridized carbons (Fsp3) is 0.148. The second kappa shape index (κ2) is 13.1. The number of hydrogen-bond acceptors (Lipinski definition) is 7. The van der Waals surface area contributed by atoms with Gasteiger partial charge in [0.25, 0.3) is 5.91 Å². The number of amides is 1. The minimum atomic E-state index is -0.209. The van der Waals surface area contributed by atoms with Gasteiger partial charge in [-0.3, -0.25) is 4.79 Å². The fourth-order valence-corrected chi connectivity index (χ4v) is 5.02. The third kappa shape index (κ3) is 7.58. The van der Waals surface area contributed by atoms with E-state index < -0.39 is 0 Å². The number of aromatic nitrogens is 1. The molecule has 36 heavy (non-hydrogen) atoms. The highest BCUT2D eigenvalue weighted by molar-refractivity contribution is 8.01. The number of carbonyl (C=O) groups is 1. The average molecular weight is 538 g/mol. The topological polar surface area (TPSA) is 72.8 Å². The zero-order valence-electron chi connectivity index (χ0n) is 19.5. The Morgan fingerprint density at radius 1 is 1.08 bits per heavy atom. The van der Waals surface area contributed by atoms with Crippen molar-refractivity contribution in [1.29, 1.82) is 0 Å². The highest BCUT2D eigenvalue weighted by Crippen LogP contribution is 2.30. The van der Waals surface area contributed by atoms with Crippen LogP contribution in [0.4, 0.5) is 0 Å². The molecule has 3 aromatic carbocycles. The van der Waals surface area contributed by atoms with Gasteiger partial charge >= 0.3 is 0 Å². The molecule has 0 saturated heterocycles. The summed E-state index contributed by atoms with van der Waals surface area (Å²) in [6.07, 6.45) is 1.57. The van der Waals surface area contributed by atoms with E-state index in [9.17, 15) is 4.79 Å². The standard InChI is InChI=1S/C27H24ClN3O3S2/c1-2-33-25-14-19(11-12-24(25)34-16-20-7-6-10-22(28)13-20)15-29-31-26(32)18-36-27-30-23(17-35-27)21-8-4-3-5-9-21/h3-15,17H,2,16,18H2,1H3,(H,31,32)/b29-15+. The number of hydrazone groups is 1. The van der Waals surface area contributed by atoms with Gasteiger partial charge in [-0.1, -0.05) is 65.8 Å². The molecule has 9 heteroatoms. The van der Waals surface area contributed by atoms with Gasteiger partial charge in [0.1, 0.15) is 6.61 Å². The van der Waals surface area contributed by atoms with Crippen molar-refractivity contribution in [2.24, 2.45) is 5.10 Å². The molecule has 184 valence electrons. The molecular formula is C27H24ClN3O3S2. The van der Waals surface area contributed by atoms with Crippen LogP contribution in [0.1, 0.15) is 18.1 Å². The number of nitrogens with zero attached hydrogens (tertiary/aromatic N) is 2. The van der Waals surface area contributed by atoms with Gasteiger partial charge in [0.05, 0.1) is 24.3 Å². The molecule has 6 nitrogen and oxygen atoms in total. The maximum absolute atomic E-state index is 12.2. The van der Waals surface area contributed by atoms with Crippen LogP contribution >= 0.6 is 34.7 Å². The molecule has 4 rings (SSSR count). The monoisotopic (exact) mass is 537 g/mol.